The Morgan fingerprint density at radius 2 is 2.13 bits per heavy atom. The van der Waals surface area contributed by atoms with Crippen LogP contribution in [0.1, 0.15) is 18.9 Å². The quantitative estimate of drug-likeness (QED) is 0.398. The van der Waals surface area contributed by atoms with E-state index in [4.69, 9.17) is 11.6 Å². The van der Waals surface area contributed by atoms with Crippen molar-refractivity contribution in [3.63, 3.8) is 0 Å². The lowest BCUT2D eigenvalue weighted by Gasteiger charge is -2.16. The summed E-state index contributed by atoms with van der Waals surface area (Å²) in [5, 5.41) is 7.63. The first-order valence-electron chi connectivity index (χ1n) is 8.13. The van der Waals surface area contributed by atoms with E-state index < -0.39 is 0 Å². The van der Waals surface area contributed by atoms with Gasteiger partial charge in [-0.25, -0.2) is 0 Å². The van der Waals surface area contributed by atoms with Gasteiger partial charge in [0.15, 0.2) is 5.96 Å². The van der Waals surface area contributed by atoms with Crippen LogP contribution in [-0.2, 0) is 6.42 Å². The van der Waals surface area contributed by atoms with Crippen molar-refractivity contribution in [2.75, 3.05) is 39.8 Å². The number of aliphatic imine (C=N–C) groups is 1. The highest BCUT2D eigenvalue weighted by molar-refractivity contribution is 14.0. The number of nitrogens with zero attached hydrogens (tertiary/aromatic N) is 2. The fourth-order valence-electron chi connectivity index (χ4n) is 2.85. The summed E-state index contributed by atoms with van der Waals surface area (Å²) in [6.45, 7) is 7.62. The van der Waals surface area contributed by atoms with Crippen LogP contribution >= 0.6 is 35.6 Å². The monoisotopic (exact) mass is 450 g/mol. The van der Waals surface area contributed by atoms with Crippen LogP contribution in [0.5, 0.6) is 0 Å². The summed E-state index contributed by atoms with van der Waals surface area (Å²) >= 11 is 6.17. The van der Waals surface area contributed by atoms with Crippen LogP contribution in [0.3, 0.4) is 0 Å². The van der Waals surface area contributed by atoms with Crippen LogP contribution in [0.4, 0.5) is 0 Å². The maximum atomic E-state index is 6.17. The molecule has 0 saturated carbocycles. The topological polar surface area (TPSA) is 39.7 Å². The molecule has 1 saturated heterocycles. The van der Waals surface area contributed by atoms with Crippen molar-refractivity contribution >= 4 is 41.5 Å². The minimum absolute atomic E-state index is 0. The molecule has 1 aliphatic rings. The standard InChI is InChI=1S/C17H27ClN4.HI/c1-3-22-11-9-14(13-22)12-21-17(19-2)20-10-8-15-6-4-5-7-16(15)18;/h4-7,14H,3,8-13H2,1-2H3,(H2,19,20,21);1H. The van der Waals surface area contributed by atoms with Crippen LogP contribution in [0.2, 0.25) is 5.02 Å². The SMILES string of the molecule is CCN1CCC(CNC(=NC)NCCc2ccccc2Cl)C1.I. The van der Waals surface area contributed by atoms with Gasteiger partial charge in [-0.3, -0.25) is 4.99 Å². The average molecular weight is 451 g/mol. The number of guanidine groups is 1. The molecular weight excluding hydrogens is 423 g/mol. The fraction of sp³-hybridized carbons (Fsp3) is 0.588. The van der Waals surface area contributed by atoms with Crippen molar-refractivity contribution in [1.82, 2.24) is 15.5 Å². The number of benzene rings is 1. The molecule has 130 valence electrons. The van der Waals surface area contributed by atoms with Gasteiger partial charge >= 0.3 is 0 Å². The van der Waals surface area contributed by atoms with E-state index in [1.807, 2.05) is 25.2 Å². The summed E-state index contributed by atoms with van der Waals surface area (Å²) in [5.74, 6) is 1.60. The highest BCUT2D eigenvalue weighted by Gasteiger charge is 2.20. The molecule has 1 unspecified atom stereocenters. The molecule has 0 radical (unpaired) electrons. The summed E-state index contributed by atoms with van der Waals surface area (Å²) < 4.78 is 0. The Balaban J connectivity index is 0.00000264. The lowest BCUT2D eigenvalue weighted by Crippen LogP contribution is -2.41. The number of halogens is 2. The van der Waals surface area contributed by atoms with E-state index in [1.165, 1.54) is 25.1 Å². The van der Waals surface area contributed by atoms with E-state index in [1.54, 1.807) is 0 Å². The third-order valence-electron chi connectivity index (χ3n) is 4.24. The van der Waals surface area contributed by atoms with E-state index in [-0.39, 0.29) is 24.0 Å². The van der Waals surface area contributed by atoms with Crippen molar-refractivity contribution in [1.29, 1.82) is 0 Å². The molecule has 1 aliphatic heterocycles. The van der Waals surface area contributed by atoms with Gasteiger partial charge < -0.3 is 15.5 Å². The van der Waals surface area contributed by atoms with E-state index in [9.17, 15) is 0 Å². The third-order valence-corrected chi connectivity index (χ3v) is 4.61. The molecule has 1 atom stereocenters. The first-order chi connectivity index (χ1) is 10.7. The van der Waals surface area contributed by atoms with Gasteiger partial charge in [0.25, 0.3) is 0 Å². The van der Waals surface area contributed by atoms with Gasteiger partial charge in [-0.15, -0.1) is 24.0 Å². The van der Waals surface area contributed by atoms with Crippen molar-refractivity contribution in [3.05, 3.63) is 34.9 Å². The van der Waals surface area contributed by atoms with E-state index in [2.05, 4.69) is 33.5 Å². The van der Waals surface area contributed by atoms with Crippen molar-refractivity contribution < 1.29 is 0 Å². The minimum atomic E-state index is 0. The smallest absolute Gasteiger partial charge is 0.190 e. The van der Waals surface area contributed by atoms with E-state index in [0.717, 1.165) is 43.0 Å². The Kier molecular flexibility index (Phi) is 9.90. The lowest BCUT2D eigenvalue weighted by molar-refractivity contribution is 0.342. The Morgan fingerprint density at radius 1 is 1.35 bits per heavy atom. The average Bonchev–Trinajstić information content (AvgIpc) is 3.00. The first-order valence-corrected chi connectivity index (χ1v) is 8.51. The Morgan fingerprint density at radius 3 is 2.78 bits per heavy atom. The second kappa shape index (κ2) is 11.1. The Labute approximate surface area is 162 Å². The summed E-state index contributed by atoms with van der Waals surface area (Å²) in [7, 11) is 1.82. The molecule has 1 heterocycles. The molecule has 1 fully saturated rings. The van der Waals surface area contributed by atoms with Crippen LogP contribution in [-0.4, -0.2) is 50.6 Å². The first kappa shape index (κ1) is 20.5. The molecule has 1 aromatic rings. The molecule has 2 N–H and O–H groups in total. The molecule has 0 aromatic heterocycles. The number of rotatable bonds is 6. The largest absolute Gasteiger partial charge is 0.356 e. The summed E-state index contributed by atoms with van der Waals surface area (Å²) in [5.41, 5.74) is 1.17. The summed E-state index contributed by atoms with van der Waals surface area (Å²) in [6.07, 6.45) is 2.17. The molecule has 0 spiro atoms. The molecule has 23 heavy (non-hydrogen) atoms. The summed E-state index contributed by atoms with van der Waals surface area (Å²) in [6, 6.07) is 7.98. The zero-order valence-corrected chi connectivity index (χ0v) is 17.1. The number of hydrogen-bond donors (Lipinski definition) is 2. The maximum absolute atomic E-state index is 6.17. The molecule has 2 rings (SSSR count). The van der Waals surface area contributed by atoms with Crippen LogP contribution < -0.4 is 10.6 Å². The number of nitrogens with one attached hydrogen (secondary N) is 2. The number of hydrogen-bond acceptors (Lipinski definition) is 2. The fourth-order valence-corrected chi connectivity index (χ4v) is 3.08. The molecule has 0 bridgehead atoms. The number of likely N-dealkylation sites (tertiary alicyclic amines) is 1. The van der Waals surface area contributed by atoms with Gasteiger partial charge in [-0.2, -0.15) is 0 Å². The summed E-state index contributed by atoms with van der Waals surface area (Å²) in [4.78, 5) is 6.79. The van der Waals surface area contributed by atoms with Gasteiger partial charge in [0, 0.05) is 31.7 Å². The lowest BCUT2D eigenvalue weighted by atomic mass is 10.1. The third kappa shape index (κ3) is 6.85. The predicted octanol–water partition coefficient (Wildman–Crippen LogP) is 3.01. The van der Waals surface area contributed by atoms with Crippen LogP contribution in [0.25, 0.3) is 0 Å². The molecule has 4 nitrogen and oxygen atoms in total. The van der Waals surface area contributed by atoms with Gasteiger partial charge in [0.2, 0.25) is 0 Å². The van der Waals surface area contributed by atoms with Crippen molar-refractivity contribution in [2.45, 2.75) is 19.8 Å². The zero-order valence-electron chi connectivity index (χ0n) is 14.0. The Hall–Kier alpha value is -0.530. The van der Waals surface area contributed by atoms with E-state index in [0.29, 0.717) is 0 Å². The molecule has 6 heteroatoms. The minimum Gasteiger partial charge on any atom is -0.356 e. The maximum Gasteiger partial charge on any atom is 0.190 e. The highest BCUT2D eigenvalue weighted by atomic mass is 127. The Bertz CT molecular complexity index is 495. The second-order valence-electron chi connectivity index (χ2n) is 5.77. The highest BCUT2D eigenvalue weighted by Crippen LogP contribution is 2.15. The molecule has 0 amide bonds. The molecule has 0 aliphatic carbocycles. The van der Waals surface area contributed by atoms with Gasteiger partial charge in [-0.1, -0.05) is 36.7 Å². The zero-order chi connectivity index (χ0) is 15.8. The second-order valence-corrected chi connectivity index (χ2v) is 6.18. The van der Waals surface area contributed by atoms with E-state index >= 15 is 0 Å². The molecular formula is C17H28ClIN4. The van der Waals surface area contributed by atoms with Gasteiger partial charge in [0.1, 0.15) is 0 Å². The molecule has 1 aromatic carbocycles. The van der Waals surface area contributed by atoms with Crippen LogP contribution in [0.15, 0.2) is 29.3 Å². The predicted molar refractivity (Wildman–Crippen MR) is 110 cm³/mol. The van der Waals surface area contributed by atoms with Crippen molar-refractivity contribution in [2.24, 2.45) is 10.9 Å². The normalized spacial score (nSPS) is 18.6. The van der Waals surface area contributed by atoms with Crippen LogP contribution in [0, 0.1) is 5.92 Å². The van der Waals surface area contributed by atoms with Gasteiger partial charge in [-0.05, 0) is 43.5 Å². The van der Waals surface area contributed by atoms with Gasteiger partial charge in [0.05, 0.1) is 0 Å². The van der Waals surface area contributed by atoms with Crippen molar-refractivity contribution in [3.8, 4) is 0 Å².